The molecule has 34 heavy (non-hydrogen) atoms. The van der Waals surface area contributed by atoms with Crippen LogP contribution in [0.15, 0.2) is 36.5 Å². The number of rotatable bonds is 9. The molecule has 0 radical (unpaired) electrons. The molecule has 0 amide bonds. The van der Waals surface area contributed by atoms with Gasteiger partial charge in [-0.1, -0.05) is 18.2 Å². The standard InChI is InChI=1S/C24H27F5N4O/c1-15-13-17-16-5-2-3-6-18(16)32-21(17)23(33(15)14-24(27,28)29)22-20(26)19(7-10-31-22)34-12-11-30-9-4-8-25/h2-3,5-7,10,15,23,30,32H,4,8-9,11-14H2,1H3/t15-,23?/m1/s1. The number of H-pyrrole nitrogens is 1. The van der Waals surface area contributed by atoms with E-state index in [9.17, 15) is 17.6 Å². The van der Waals surface area contributed by atoms with Gasteiger partial charge < -0.3 is 15.0 Å². The van der Waals surface area contributed by atoms with Gasteiger partial charge >= 0.3 is 6.18 Å². The van der Waals surface area contributed by atoms with Crippen LogP contribution in [0.4, 0.5) is 22.0 Å². The van der Waals surface area contributed by atoms with Crippen molar-refractivity contribution < 1.29 is 26.7 Å². The molecule has 2 atom stereocenters. The van der Waals surface area contributed by atoms with E-state index in [0.29, 0.717) is 31.6 Å². The Balaban J connectivity index is 1.70. The minimum Gasteiger partial charge on any atom is -0.489 e. The Labute approximate surface area is 194 Å². The second kappa shape index (κ2) is 10.3. The number of aromatic nitrogens is 2. The van der Waals surface area contributed by atoms with E-state index in [4.69, 9.17) is 4.74 Å². The lowest BCUT2D eigenvalue weighted by Crippen LogP contribution is -2.47. The summed E-state index contributed by atoms with van der Waals surface area (Å²) in [5, 5.41) is 3.89. The maximum absolute atomic E-state index is 15.6. The van der Waals surface area contributed by atoms with Crippen LogP contribution in [0.25, 0.3) is 10.9 Å². The molecular formula is C24H27F5N4O. The highest BCUT2D eigenvalue weighted by Gasteiger charge is 2.43. The predicted molar refractivity (Wildman–Crippen MR) is 119 cm³/mol. The molecule has 5 nitrogen and oxygen atoms in total. The number of hydrogen-bond acceptors (Lipinski definition) is 4. The first-order chi connectivity index (χ1) is 16.3. The molecule has 0 bridgehead atoms. The number of nitrogens with one attached hydrogen (secondary N) is 2. The summed E-state index contributed by atoms with van der Waals surface area (Å²) >= 11 is 0. The fourth-order valence-corrected chi connectivity index (χ4v) is 4.55. The molecule has 0 aliphatic carbocycles. The highest BCUT2D eigenvalue weighted by atomic mass is 19.4. The normalized spacial score (nSPS) is 18.9. The largest absolute Gasteiger partial charge is 0.489 e. The molecular weight excluding hydrogens is 455 g/mol. The number of hydrogen-bond donors (Lipinski definition) is 2. The molecule has 1 aromatic carbocycles. The molecule has 1 unspecified atom stereocenters. The van der Waals surface area contributed by atoms with Gasteiger partial charge in [0.15, 0.2) is 11.6 Å². The van der Waals surface area contributed by atoms with Gasteiger partial charge in [0.2, 0.25) is 0 Å². The van der Waals surface area contributed by atoms with Crippen molar-refractivity contribution >= 4 is 10.9 Å². The van der Waals surface area contributed by atoms with Crippen molar-refractivity contribution in [1.29, 1.82) is 0 Å². The van der Waals surface area contributed by atoms with E-state index in [-0.39, 0.29) is 18.1 Å². The fourth-order valence-electron chi connectivity index (χ4n) is 4.55. The van der Waals surface area contributed by atoms with Gasteiger partial charge in [-0.3, -0.25) is 14.3 Å². The van der Waals surface area contributed by atoms with E-state index in [1.807, 2.05) is 24.3 Å². The quantitative estimate of drug-likeness (QED) is 0.336. The molecule has 10 heteroatoms. The molecule has 4 rings (SSSR count). The fraction of sp³-hybridized carbons (Fsp3) is 0.458. The maximum Gasteiger partial charge on any atom is 0.401 e. The van der Waals surface area contributed by atoms with Gasteiger partial charge in [0.05, 0.1) is 19.3 Å². The van der Waals surface area contributed by atoms with Crippen LogP contribution in [-0.4, -0.2) is 60.0 Å². The Bertz CT molecular complexity index is 1120. The van der Waals surface area contributed by atoms with Crippen LogP contribution in [0.5, 0.6) is 5.75 Å². The summed E-state index contributed by atoms with van der Waals surface area (Å²) < 4.78 is 73.9. The zero-order valence-corrected chi connectivity index (χ0v) is 18.8. The van der Waals surface area contributed by atoms with E-state index >= 15 is 4.39 Å². The summed E-state index contributed by atoms with van der Waals surface area (Å²) in [5.41, 5.74) is 2.05. The first kappa shape index (κ1) is 24.4. The molecule has 0 saturated carbocycles. The number of ether oxygens (including phenoxy) is 1. The highest BCUT2D eigenvalue weighted by molar-refractivity contribution is 5.85. The molecule has 0 saturated heterocycles. The number of para-hydroxylation sites is 1. The van der Waals surface area contributed by atoms with Crippen LogP contribution in [0.3, 0.4) is 0 Å². The summed E-state index contributed by atoms with van der Waals surface area (Å²) in [5.74, 6) is -0.873. The van der Waals surface area contributed by atoms with Crippen LogP contribution in [0, 0.1) is 5.82 Å². The highest BCUT2D eigenvalue weighted by Crippen LogP contribution is 2.42. The number of aromatic amines is 1. The number of pyridine rings is 1. The summed E-state index contributed by atoms with van der Waals surface area (Å²) in [6, 6.07) is 7.27. The second-order valence-electron chi connectivity index (χ2n) is 8.46. The third-order valence-electron chi connectivity index (χ3n) is 6.04. The van der Waals surface area contributed by atoms with Gasteiger partial charge in [0, 0.05) is 41.4 Å². The van der Waals surface area contributed by atoms with Crippen molar-refractivity contribution in [3.63, 3.8) is 0 Å². The van der Waals surface area contributed by atoms with Crippen molar-refractivity contribution in [3.05, 3.63) is 59.3 Å². The van der Waals surface area contributed by atoms with Gasteiger partial charge in [-0.15, -0.1) is 0 Å². The Hall–Kier alpha value is -2.72. The van der Waals surface area contributed by atoms with Gasteiger partial charge in [-0.25, -0.2) is 4.39 Å². The second-order valence-corrected chi connectivity index (χ2v) is 8.46. The molecule has 3 aromatic rings. The molecule has 2 aromatic heterocycles. The predicted octanol–water partition coefficient (Wildman–Crippen LogP) is 4.93. The SMILES string of the molecule is C[C@@H]1Cc2c([nH]c3ccccc23)C(c2nccc(OCCNCCCF)c2F)N1CC(F)(F)F. The van der Waals surface area contributed by atoms with Crippen molar-refractivity contribution in [2.24, 2.45) is 0 Å². The van der Waals surface area contributed by atoms with Gasteiger partial charge in [0.25, 0.3) is 0 Å². The summed E-state index contributed by atoms with van der Waals surface area (Å²) in [6.45, 7) is 1.06. The van der Waals surface area contributed by atoms with E-state index in [2.05, 4.69) is 15.3 Å². The van der Waals surface area contributed by atoms with Crippen LogP contribution in [0.1, 0.15) is 36.3 Å². The Kier molecular flexibility index (Phi) is 7.37. The summed E-state index contributed by atoms with van der Waals surface area (Å²) in [4.78, 5) is 8.64. The van der Waals surface area contributed by atoms with Gasteiger partial charge in [0.1, 0.15) is 12.3 Å². The van der Waals surface area contributed by atoms with E-state index in [1.165, 1.54) is 17.2 Å². The van der Waals surface area contributed by atoms with Crippen LogP contribution < -0.4 is 10.1 Å². The van der Waals surface area contributed by atoms with Gasteiger partial charge in [-0.05, 0) is 37.9 Å². The third kappa shape index (κ3) is 5.17. The number of nitrogens with zero attached hydrogens (tertiary/aromatic N) is 2. The number of alkyl halides is 4. The van der Waals surface area contributed by atoms with Crippen LogP contribution in [-0.2, 0) is 6.42 Å². The molecule has 3 heterocycles. The van der Waals surface area contributed by atoms with E-state index in [0.717, 1.165) is 16.5 Å². The molecule has 0 fully saturated rings. The zero-order chi connectivity index (χ0) is 24.3. The van der Waals surface area contributed by atoms with E-state index in [1.54, 1.807) is 6.92 Å². The lowest BCUT2D eigenvalue weighted by molar-refractivity contribution is -0.155. The van der Waals surface area contributed by atoms with Crippen molar-refractivity contribution in [1.82, 2.24) is 20.2 Å². The minimum atomic E-state index is -4.47. The first-order valence-electron chi connectivity index (χ1n) is 11.3. The topological polar surface area (TPSA) is 53.2 Å². The molecule has 1 aliphatic heterocycles. The Morgan fingerprint density at radius 3 is 2.76 bits per heavy atom. The minimum absolute atomic E-state index is 0.0832. The average Bonchev–Trinajstić information content (AvgIpc) is 3.15. The van der Waals surface area contributed by atoms with Crippen molar-refractivity contribution in [2.45, 2.75) is 38.0 Å². The smallest absolute Gasteiger partial charge is 0.401 e. The summed E-state index contributed by atoms with van der Waals surface area (Å²) in [6.07, 6.45) is -2.35. The van der Waals surface area contributed by atoms with Crippen LogP contribution >= 0.6 is 0 Å². The van der Waals surface area contributed by atoms with Crippen molar-refractivity contribution in [2.75, 3.05) is 32.9 Å². The Morgan fingerprint density at radius 2 is 2.00 bits per heavy atom. The first-order valence-corrected chi connectivity index (χ1v) is 11.3. The lowest BCUT2D eigenvalue weighted by Gasteiger charge is -2.40. The number of halogens is 5. The molecule has 184 valence electrons. The van der Waals surface area contributed by atoms with Crippen molar-refractivity contribution in [3.8, 4) is 5.75 Å². The molecule has 1 aliphatic rings. The monoisotopic (exact) mass is 482 g/mol. The molecule has 0 spiro atoms. The zero-order valence-electron chi connectivity index (χ0n) is 18.8. The number of fused-ring (bicyclic) bond motifs is 3. The molecule has 2 N–H and O–H groups in total. The lowest BCUT2D eigenvalue weighted by atomic mass is 9.90. The number of benzene rings is 1. The van der Waals surface area contributed by atoms with Gasteiger partial charge in [-0.2, -0.15) is 13.2 Å². The average molecular weight is 482 g/mol. The van der Waals surface area contributed by atoms with E-state index < -0.39 is 37.3 Å². The maximum atomic E-state index is 15.6. The van der Waals surface area contributed by atoms with Crippen LogP contribution in [0.2, 0.25) is 0 Å². The Morgan fingerprint density at radius 1 is 1.21 bits per heavy atom. The summed E-state index contributed by atoms with van der Waals surface area (Å²) in [7, 11) is 0. The third-order valence-corrected chi connectivity index (χ3v) is 6.04.